The van der Waals surface area contributed by atoms with Crippen LogP contribution in [0.4, 0.5) is 0 Å². The van der Waals surface area contributed by atoms with E-state index in [4.69, 9.17) is 33.4 Å². The number of rotatable bonds is 8. The Morgan fingerprint density at radius 1 is 0.914 bits per heavy atom. The van der Waals surface area contributed by atoms with E-state index in [1.54, 1.807) is 18.2 Å². The van der Waals surface area contributed by atoms with Crippen molar-refractivity contribution < 1.29 is 14.7 Å². The second kappa shape index (κ2) is 10.8. The van der Waals surface area contributed by atoms with Gasteiger partial charge < -0.3 is 10.4 Å². The molecule has 0 spiro atoms. The van der Waals surface area contributed by atoms with Crippen LogP contribution >= 0.6 is 23.2 Å². The number of carboxylic acid groups (broad SMARTS) is 1. The van der Waals surface area contributed by atoms with E-state index in [1.807, 2.05) is 42.9 Å². The van der Waals surface area contributed by atoms with Crippen molar-refractivity contribution in [1.82, 2.24) is 15.1 Å². The maximum atomic E-state index is 12.2. The zero-order chi connectivity index (χ0) is 24.9. The fourth-order valence-corrected chi connectivity index (χ4v) is 4.18. The molecule has 0 saturated heterocycles. The van der Waals surface area contributed by atoms with E-state index in [1.165, 1.54) is 5.46 Å². The van der Waals surface area contributed by atoms with Crippen molar-refractivity contribution in [3.63, 3.8) is 0 Å². The summed E-state index contributed by atoms with van der Waals surface area (Å²) in [7, 11) is 2.04. The van der Waals surface area contributed by atoms with Crippen LogP contribution in [0.15, 0.2) is 72.8 Å². The molecule has 0 atom stereocenters. The normalized spacial score (nSPS) is 10.8. The largest absolute Gasteiger partial charge is 0.481 e. The molecule has 1 amide bonds. The van der Waals surface area contributed by atoms with Gasteiger partial charge in [0.25, 0.3) is 5.91 Å². The number of aliphatic carboxylic acids is 1. The molecule has 1 aromatic heterocycles. The maximum Gasteiger partial charge on any atom is 0.305 e. The Kier molecular flexibility index (Phi) is 7.59. The topological polar surface area (TPSA) is 84.2 Å². The Bertz CT molecular complexity index is 1350. The number of halogens is 2. The molecule has 9 heteroatoms. The van der Waals surface area contributed by atoms with Crippen molar-refractivity contribution in [2.45, 2.75) is 13.0 Å². The number of nitrogens with one attached hydrogen (secondary N) is 1. The number of hydrogen-bond acceptors (Lipinski definition) is 3. The van der Waals surface area contributed by atoms with Gasteiger partial charge in [-0.2, -0.15) is 5.10 Å². The maximum absolute atomic E-state index is 12.2. The Morgan fingerprint density at radius 2 is 1.57 bits per heavy atom. The lowest BCUT2D eigenvalue weighted by molar-refractivity contribution is -0.136. The fourth-order valence-electron chi connectivity index (χ4n) is 3.66. The van der Waals surface area contributed by atoms with Gasteiger partial charge in [0.1, 0.15) is 7.85 Å². The van der Waals surface area contributed by atoms with Crippen LogP contribution in [-0.4, -0.2) is 41.2 Å². The second-order valence-corrected chi connectivity index (χ2v) is 9.07. The molecule has 0 saturated carbocycles. The zero-order valence-corrected chi connectivity index (χ0v) is 20.5. The highest BCUT2D eigenvalue weighted by Gasteiger charge is 2.14. The molecule has 0 fully saturated rings. The second-order valence-electron chi connectivity index (χ2n) is 8.19. The van der Waals surface area contributed by atoms with E-state index in [0.717, 1.165) is 28.1 Å². The first-order valence-corrected chi connectivity index (χ1v) is 11.7. The minimum Gasteiger partial charge on any atom is -0.481 e. The van der Waals surface area contributed by atoms with Gasteiger partial charge in [0.2, 0.25) is 0 Å². The van der Waals surface area contributed by atoms with Crippen LogP contribution in [0.2, 0.25) is 10.0 Å². The smallest absolute Gasteiger partial charge is 0.305 e. The van der Waals surface area contributed by atoms with Crippen LogP contribution in [0.5, 0.6) is 0 Å². The van der Waals surface area contributed by atoms with Gasteiger partial charge in [0, 0.05) is 27.7 Å². The number of hydrogen-bond donors (Lipinski definition) is 2. The number of benzene rings is 3. The SMILES string of the molecule is Bc1ccc(-c2cc(-c3cc(Cl)cc(Cl)c3)nn2Cc2ccc(C(=O)NCCC(=O)O)cc2)cc1. The molecule has 2 N–H and O–H groups in total. The van der Waals surface area contributed by atoms with Gasteiger partial charge in [-0.3, -0.25) is 14.3 Å². The zero-order valence-electron chi connectivity index (χ0n) is 19.0. The molecular weight excluding hydrogens is 484 g/mol. The molecule has 0 bridgehead atoms. The Labute approximate surface area is 213 Å². The number of carboxylic acids is 1. The first kappa shape index (κ1) is 24.6. The summed E-state index contributed by atoms with van der Waals surface area (Å²) < 4.78 is 1.91. The van der Waals surface area contributed by atoms with Crippen LogP contribution in [0.25, 0.3) is 22.5 Å². The summed E-state index contributed by atoms with van der Waals surface area (Å²) in [5.41, 5.74) is 6.12. The number of carbonyl (C=O) groups is 2. The summed E-state index contributed by atoms with van der Waals surface area (Å²) in [6, 6.07) is 22.8. The van der Waals surface area contributed by atoms with Crippen molar-refractivity contribution in [2.24, 2.45) is 0 Å². The van der Waals surface area contributed by atoms with Crippen molar-refractivity contribution in [1.29, 1.82) is 0 Å². The van der Waals surface area contributed by atoms with Crippen LogP contribution in [0.3, 0.4) is 0 Å². The first-order chi connectivity index (χ1) is 16.8. The third-order valence-electron chi connectivity index (χ3n) is 5.46. The van der Waals surface area contributed by atoms with E-state index in [9.17, 15) is 9.59 Å². The van der Waals surface area contributed by atoms with Crippen LogP contribution in [-0.2, 0) is 11.3 Å². The van der Waals surface area contributed by atoms with Gasteiger partial charge in [0.05, 0.1) is 24.4 Å². The lowest BCUT2D eigenvalue weighted by atomic mass is 9.94. The summed E-state index contributed by atoms with van der Waals surface area (Å²) in [5.74, 6) is -1.26. The highest BCUT2D eigenvalue weighted by molar-refractivity contribution is 6.35. The third kappa shape index (κ3) is 6.32. The first-order valence-electron chi connectivity index (χ1n) is 11.0. The highest BCUT2D eigenvalue weighted by Crippen LogP contribution is 2.30. The predicted octanol–water partition coefficient (Wildman–Crippen LogP) is 4.04. The lowest BCUT2D eigenvalue weighted by Gasteiger charge is -2.09. The molecule has 4 rings (SSSR count). The summed E-state index contributed by atoms with van der Waals surface area (Å²) in [6.45, 7) is 0.567. The average molecular weight is 506 g/mol. The molecule has 6 nitrogen and oxygen atoms in total. The van der Waals surface area contributed by atoms with Crippen molar-refractivity contribution >= 4 is 48.4 Å². The van der Waals surface area contributed by atoms with E-state index in [-0.39, 0.29) is 18.9 Å². The number of nitrogens with zero attached hydrogens (tertiary/aromatic N) is 2. The molecule has 0 unspecified atom stereocenters. The van der Waals surface area contributed by atoms with Crippen LogP contribution < -0.4 is 10.8 Å². The molecule has 4 aromatic rings. The van der Waals surface area contributed by atoms with E-state index < -0.39 is 5.97 Å². The van der Waals surface area contributed by atoms with Crippen molar-refractivity contribution in [2.75, 3.05) is 6.54 Å². The summed E-state index contributed by atoms with van der Waals surface area (Å²) in [6.07, 6.45) is -0.120. The number of aromatic nitrogens is 2. The van der Waals surface area contributed by atoms with Gasteiger partial charge in [-0.15, -0.1) is 0 Å². The molecule has 0 aliphatic heterocycles. The molecule has 0 aliphatic carbocycles. The molecule has 3 aromatic carbocycles. The van der Waals surface area contributed by atoms with Gasteiger partial charge in [0.15, 0.2) is 0 Å². The summed E-state index contributed by atoms with van der Waals surface area (Å²) in [5, 5.41) is 17.2. The number of amides is 1. The van der Waals surface area contributed by atoms with E-state index in [2.05, 4.69) is 29.6 Å². The van der Waals surface area contributed by atoms with E-state index in [0.29, 0.717) is 22.2 Å². The standard InChI is InChI=1S/C26H22BCl2N3O3/c27-20-7-5-17(6-8-20)24-14-23(19-11-21(28)13-22(29)12-19)31-32(24)15-16-1-3-18(4-2-16)26(35)30-10-9-25(33)34/h1-8,11-14H,9-10,15,27H2,(H,30,35)(H,33,34). The minimum absolute atomic E-state index is 0.0827. The van der Waals surface area contributed by atoms with E-state index >= 15 is 0 Å². The Balaban J connectivity index is 1.62. The van der Waals surface area contributed by atoms with Crippen LogP contribution in [0.1, 0.15) is 22.3 Å². The highest BCUT2D eigenvalue weighted by atomic mass is 35.5. The summed E-state index contributed by atoms with van der Waals surface area (Å²) in [4.78, 5) is 22.9. The molecule has 0 aliphatic rings. The molecular formula is C26H22BCl2N3O3. The minimum atomic E-state index is -0.955. The van der Waals surface area contributed by atoms with Gasteiger partial charge in [-0.05, 0) is 47.5 Å². The van der Waals surface area contributed by atoms with Crippen molar-refractivity contribution in [3.05, 3.63) is 94.0 Å². The Morgan fingerprint density at radius 3 is 2.20 bits per heavy atom. The molecule has 0 radical (unpaired) electrons. The van der Waals surface area contributed by atoms with Crippen LogP contribution in [0, 0.1) is 0 Å². The average Bonchev–Trinajstić information content (AvgIpc) is 3.23. The monoisotopic (exact) mass is 505 g/mol. The van der Waals surface area contributed by atoms with Gasteiger partial charge in [-0.25, -0.2) is 0 Å². The van der Waals surface area contributed by atoms with Gasteiger partial charge in [-0.1, -0.05) is 65.1 Å². The lowest BCUT2D eigenvalue weighted by Crippen LogP contribution is -2.25. The quantitative estimate of drug-likeness (QED) is 0.354. The fraction of sp³-hybridized carbons (Fsp3) is 0.115. The third-order valence-corrected chi connectivity index (χ3v) is 5.89. The number of carbonyl (C=O) groups excluding carboxylic acids is 1. The Hall–Kier alpha value is -3.55. The molecule has 35 heavy (non-hydrogen) atoms. The molecule has 176 valence electrons. The van der Waals surface area contributed by atoms with Crippen molar-refractivity contribution in [3.8, 4) is 22.5 Å². The predicted molar refractivity (Wildman–Crippen MR) is 141 cm³/mol. The van der Waals surface area contributed by atoms with Gasteiger partial charge >= 0.3 is 5.97 Å². The summed E-state index contributed by atoms with van der Waals surface area (Å²) >= 11 is 12.4. The molecule has 1 heterocycles.